The van der Waals surface area contributed by atoms with Gasteiger partial charge in [0.05, 0.1) is 13.2 Å². The van der Waals surface area contributed by atoms with Crippen molar-refractivity contribution >= 4 is 12.1 Å². The number of alkyl halides is 3. The van der Waals surface area contributed by atoms with E-state index in [1.165, 1.54) is 6.92 Å². The zero-order valence-electron chi connectivity index (χ0n) is 10.5. The van der Waals surface area contributed by atoms with Gasteiger partial charge in [-0.25, -0.2) is 9.59 Å². The number of halogens is 3. The van der Waals surface area contributed by atoms with Crippen molar-refractivity contribution in [1.82, 2.24) is 5.32 Å². The Morgan fingerprint density at radius 3 is 2.37 bits per heavy atom. The number of amides is 1. The maximum Gasteiger partial charge on any atom is 0.407 e. The highest BCUT2D eigenvalue weighted by Gasteiger charge is 2.26. The zero-order valence-corrected chi connectivity index (χ0v) is 10.5. The van der Waals surface area contributed by atoms with Gasteiger partial charge in [0, 0.05) is 12.0 Å². The number of hydrogen-bond donors (Lipinski definition) is 1. The van der Waals surface area contributed by atoms with Crippen molar-refractivity contribution in [2.24, 2.45) is 0 Å². The Balaban J connectivity index is 3.50. The minimum absolute atomic E-state index is 0.0110. The van der Waals surface area contributed by atoms with Crippen LogP contribution in [0.3, 0.4) is 0 Å². The van der Waals surface area contributed by atoms with Crippen LogP contribution in [0.4, 0.5) is 18.0 Å². The van der Waals surface area contributed by atoms with E-state index in [4.69, 9.17) is 0 Å². The van der Waals surface area contributed by atoms with E-state index < -0.39 is 24.7 Å². The minimum Gasteiger partial charge on any atom is -0.460 e. The lowest BCUT2D eigenvalue weighted by Gasteiger charge is -2.08. The predicted octanol–water partition coefficient (Wildman–Crippen LogP) is 2.17. The molecule has 0 saturated carbocycles. The molecular formula is C11H16F3NO4. The summed E-state index contributed by atoms with van der Waals surface area (Å²) in [6, 6.07) is 0. The average Bonchev–Trinajstić information content (AvgIpc) is 2.28. The summed E-state index contributed by atoms with van der Waals surface area (Å²) in [6.07, 6.45) is -6.40. The highest BCUT2D eigenvalue weighted by atomic mass is 19.4. The molecule has 0 rings (SSSR count). The summed E-state index contributed by atoms with van der Waals surface area (Å²) in [5.74, 6) is -0.583. The number of rotatable bonds is 7. The van der Waals surface area contributed by atoms with Gasteiger partial charge in [-0.05, 0) is 13.3 Å². The van der Waals surface area contributed by atoms with Crippen LogP contribution in [-0.4, -0.2) is 38.0 Å². The zero-order chi connectivity index (χ0) is 14.9. The van der Waals surface area contributed by atoms with Gasteiger partial charge in [0.15, 0.2) is 0 Å². The van der Waals surface area contributed by atoms with Crippen LogP contribution in [0.25, 0.3) is 0 Å². The van der Waals surface area contributed by atoms with Crippen molar-refractivity contribution in [2.75, 3.05) is 19.8 Å². The van der Waals surface area contributed by atoms with Gasteiger partial charge in [0.2, 0.25) is 0 Å². The summed E-state index contributed by atoms with van der Waals surface area (Å²) in [4.78, 5) is 21.9. The van der Waals surface area contributed by atoms with Crippen molar-refractivity contribution in [3.05, 3.63) is 12.2 Å². The second kappa shape index (κ2) is 8.39. The molecular weight excluding hydrogens is 267 g/mol. The van der Waals surface area contributed by atoms with Gasteiger partial charge in [-0.1, -0.05) is 6.58 Å². The molecule has 0 spiro atoms. The third-order valence-corrected chi connectivity index (χ3v) is 1.79. The Morgan fingerprint density at radius 1 is 1.21 bits per heavy atom. The number of hydrogen-bond acceptors (Lipinski definition) is 4. The maximum absolute atomic E-state index is 11.8. The molecule has 0 saturated heterocycles. The van der Waals surface area contributed by atoms with Crippen LogP contribution in [0.5, 0.6) is 0 Å². The van der Waals surface area contributed by atoms with Gasteiger partial charge in [-0.3, -0.25) is 0 Å². The topological polar surface area (TPSA) is 64.6 Å². The summed E-state index contributed by atoms with van der Waals surface area (Å²) in [5.41, 5.74) is 0.231. The standard InChI is InChI=1S/C11H16F3NO4/c1-8(2)9(16)18-7-5-15-10(17)19-6-3-4-11(12,13)14/h1,3-7H2,2H3,(H,15,17). The van der Waals surface area contributed by atoms with E-state index in [1.54, 1.807) is 0 Å². The fourth-order valence-corrected chi connectivity index (χ4v) is 0.909. The highest BCUT2D eigenvalue weighted by molar-refractivity contribution is 5.86. The van der Waals surface area contributed by atoms with Crippen LogP contribution in [0.15, 0.2) is 12.2 Å². The average molecular weight is 283 g/mol. The molecule has 0 heterocycles. The van der Waals surface area contributed by atoms with Crippen LogP contribution in [0.2, 0.25) is 0 Å². The molecule has 0 aromatic heterocycles. The van der Waals surface area contributed by atoms with Gasteiger partial charge in [-0.15, -0.1) is 0 Å². The summed E-state index contributed by atoms with van der Waals surface area (Å²) < 4.78 is 44.4. The molecule has 0 atom stereocenters. The molecule has 0 aliphatic heterocycles. The molecule has 19 heavy (non-hydrogen) atoms. The second-order valence-electron chi connectivity index (χ2n) is 3.70. The molecule has 0 aromatic carbocycles. The Morgan fingerprint density at radius 2 is 1.84 bits per heavy atom. The van der Waals surface area contributed by atoms with Gasteiger partial charge < -0.3 is 14.8 Å². The highest BCUT2D eigenvalue weighted by Crippen LogP contribution is 2.20. The molecule has 0 fully saturated rings. The van der Waals surface area contributed by atoms with Gasteiger partial charge in [0.25, 0.3) is 0 Å². The lowest BCUT2D eigenvalue weighted by molar-refractivity contribution is -0.138. The predicted molar refractivity (Wildman–Crippen MR) is 60.4 cm³/mol. The summed E-state index contributed by atoms with van der Waals surface area (Å²) >= 11 is 0. The molecule has 0 unspecified atom stereocenters. The first kappa shape index (κ1) is 17.3. The van der Waals surface area contributed by atoms with E-state index in [2.05, 4.69) is 21.4 Å². The number of ether oxygens (including phenoxy) is 2. The van der Waals surface area contributed by atoms with Crippen LogP contribution < -0.4 is 5.32 Å². The monoisotopic (exact) mass is 283 g/mol. The lowest BCUT2D eigenvalue weighted by atomic mass is 10.3. The van der Waals surface area contributed by atoms with E-state index in [0.29, 0.717) is 0 Å². The first-order valence-electron chi connectivity index (χ1n) is 5.52. The quantitative estimate of drug-likeness (QED) is 0.442. The third-order valence-electron chi connectivity index (χ3n) is 1.79. The van der Waals surface area contributed by atoms with Gasteiger partial charge in [-0.2, -0.15) is 13.2 Å². The molecule has 8 heteroatoms. The van der Waals surface area contributed by atoms with Crippen LogP contribution in [0.1, 0.15) is 19.8 Å². The maximum atomic E-state index is 11.8. The van der Waals surface area contributed by atoms with Crippen LogP contribution in [-0.2, 0) is 14.3 Å². The second-order valence-corrected chi connectivity index (χ2v) is 3.70. The minimum atomic E-state index is -4.25. The van der Waals surface area contributed by atoms with Crippen molar-refractivity contribution < 1.29 is 32.2 Å². The Hall–Kier alpha value is -1.73. The molecule has 0 radical (unpaired) electrons. The number of nitrogens with one attached hydrogen (secondary N) is 1. The Labute approximate surface area is 108 Å². The van der Waals surface area contributed by atoms with Crippen LogP contribution >= 0.6 is 0 Å². The molecule has 0 aliphatic carbocycles. The molecule has 0 aromatic rings. The summed E-state index contributed by atoms with van der Waals surface area (Å²) in [6.45, 7) is 4.46. The third kappa shape index (κ3) is 11.1. The summed E-state index contributed by atoms with van der Waals surface area (Å²) in [5, 5.41) is 2.23. The number of carbonyl (C=O) groups is 2. The van der Waals surface area contributed by atoms with E-state index in [-0.39, 0.29) is 31.8 Å². The normalized spacial score (nSPS) is 10.7. The van der Waals surface area contributed by atoms with Gasteiger partial charge in [0.1, 0.15) is 6.61 Å². The smallest absolute Gasteiger partial charge is 0.407 e. The SMILES string of the molecule is C=C(C)C(=O)OCCNC(=O)OCCCC(F)(F)F. The number of esters is 1. The lowest BCUT2D eigenvalue weighted by Crippen LogP contribution is -2.29. The van der Waals surface area contributed by atoms with Gasteiger partial charge >= 0.3 is 18.2 Å². The Kier molecular flexibility index (Phi) is 7.62. The molecule has 5 nitrogen and oxygen atoms in total. The van der Waals surface area contributed by atoms with E-state index in [1.807, 2.05) is 0 Å². The fourth-order valence-electron chi connectivity index (χ4n) is 0.909. The first-order valence-corrected chi connectivity index (χ1v) is 5.52. The molecule has 0 aliphatic rings. The van der Waals surface area contributed by atoms with Crippen LogP contribution in [0, 0.1) is 0 Å². The molecule has 1 amide bonds. The van der Waals surface area contributed by atoms with E-state index in [0.717, 1.165) is 0 Å². The van der Waals surface area contributed by atoms with E-state index in [9.17, 15) is 22.8 Å². The number of carbonyl (C=O) groups excluding carboxylic acids is 2. The van der Waals surface area contributed by atoms with Crippen molar-refractivity contribution in [1.29, 1.82) is 0 Å². The van der Waals surface area contributed by atoms with E-state index >= 15 is 0 Å². The molecule has 110 valence electrons. The van der Waals surface area contributed by atoms with Crippen molar-refractivity contribution in [3.63, 3.8) is 0 Å². The molecule has 0 bridgehead atoms. The fraction of sp³-hybridized carbons (Fsp3) is 0.636. The first-order chi connectivity index (χ1) is 8.72. The number of alkyl carbamates (subject to hydrolysis) is 1. The Bertz CT molecular complexity index is 328. The largest absolute Gasteiger partial charge is 0.460 e. The molecule has 1 N–H and O–H groups in total. The summed E-state index contributed by atoms with van der Waals surface area (Å²) in [7, 11) is 0. The van der Waals surface area contributed by atoms with Crippen molar-refractivity contribution in [2.45, 2.75) is 25.9 Å². The van der Waals surface area contributed by atoms with Crippen molar-refractivity contribution in [3.8, 4) is 0 Å².